The summed E-state index contributed by atoms with van der Waals surface area (Å²) in [6, 6.07) is 23.8. The number of aromatic carboxylic acids is 1. The quantitative estimate of drug-likeness (QED) is 0.232. The smallest absolute Gasteiger partial charge is 0.478 e. The van der Waals surface area contributed by atoms with Gasteiger partial charge in [0.05, 0.1) is 11.9 Å². The van der Waals surface area contributed by atoms with Crippen molar-refractivity contribution in [1.82, 2.24) is 4.98 Å². The number of alkyl halides is 3. The van der Waals surface area contributed by atoms with Crippen molar-refractivity contribution < 1.29 is 41.4 Å². The first-order chi connectivity index (χ1) is 18.9. The number of carbonyl (C=O) groups is 2. The van der Waals surface area contributed by atoms with Gasteiger partial charge >= 0.3 is 18.1 Å². The lowest BCUT2D eigenvalue weighted by molar-refractivity contribution is -0.192. The monoisotopic (exact) mass is 593 g/mol. The summed E-state index contributed by atoms with van der Waals surface area (Å²) in [5, 5.41) is 18.7. The first-order valence-electron chi connectivity index (χ1n) is 11.3. The summed E-state index contributed by atoms with van der Waals surface area (Å²) in [7, 11) is -3.82. The van der Waals surface area contributed by atoms with Crippen molar-refractivity contribution in [3.05, 3.63) is 107 Å². The molecule has 40 heavy (non-hydrogen) atoms. The Labute approximate surface area is 231 Å². The molecule has 0 radical (unpaired) electrons. The van der Waals surface area contributed by atoms with E-state index in [-0.39, 0.29) is 21.3 Å². The Kier molecular flexibility index (Phi) is 9.85. The van der Waals surface area contributed by atoms with Crippen LogP contribution < -0.4 is 9.62 Å². The minimum atomic E-state index is -5.08. The first-order valence-corrected chi connectivity index (χ1v) is 13.7. The average molecular weight is 594 g/mol. The highest BCUT2D eigenvalue weighted by Crippen LogP contribution is 2.27. The molecule has 0 saturated carbocycles. The Morgan fingerprint density at radius 3 is 1.85 bits per heavy atom. The van der Waals surface area contributed by atoms with Gasteiger partial charge in [0, 0.05) is 13.1 Å². The summed E-state index contributed by atoms with van der Waals surface area (Å²) < 4.78 is 59.4. The highest BCUT2D eigenvalue weighted by molar-refractivity contribution is 7.94. The van der Waals surface area contributed by atoms with Gasteiger partial charge in [0.2, 0.25) is 0 Å². The lowest BCUT2D eigenvalue weighted by Gasteiger charge is -2.26. The minimum Gasteiger partial charge on any atom is -0.478 e. The average Bonchev–Trinajstić information content (AvgIpc) is 3.46. The van der Waals surface area contributed by atoms with Crippen molar-refractivity contribution in [1.29, 1.82) is 0 Å². The highest BCUT2D eigenvalue weighted by atomic mass is 32.2. The standard InChI is InChI=1S/C24H21N3O4S2.C2HF3O2/c28-24(29)21-14-20(26-33(30,31)22-12-7-13-32-22)15-25-23(21)27(16-18-8-3-1-4-9-18)17-19-10-5-2-6-11-19;3-2(4,5)1(6)7/h1-15,26H,16-17H2,(H,28,29);(H,6,7). The third-order valence-electron chi connectivity index (χ3n) is 5.08. The summed E-state index contributed by atoms with van der Waals surface area (Å²) in [6.07, 6.45) is -3.74. The van der Waals surface area contributed by atoms with Gasteiger partial charge in [0.1, 0.15) is 15.6 Å². The number of pyridine rings is 1. The number of carboxylic acid groups (broad SMARTS) is 2. The maximum Gasteiger partial charge on any atom is 0.490 e. The lowest BCUT2D eigenvalue weighted by atomic mass is 10.1. The Hall–Kier alpha value is -4.43. The zero-order valence-corrected chi connectivity index (χ0v) is 22.1. The van der Waals surface area contributed by atoms with Crippen LogP contribution in [-0.2, 0) is 27.9 Å². The van der Waals surface area contributed by atoms with Gasteiger partial charge in [-0.25, -0.2) is 23.0 Å². The number of hydrogen-bond acceptors (Lipinski definition) is 7. The van der Waals surface area contributed by atoms with Gasteiger partial charge in [-0.05, 0) is 28.6 Å². The van der Waals surface area contributed by atoms with Crippen molar-refractivity contribution in [3.63, 3.8) is 0 Å². The molecule has 9 nitrogen and oxygen atoms in total. The number of hydrogen-bond donors (Lipinski definition) is 3. The van der Waals surface area contributed by atoms with Crippen LogP contribution in [0.4, 0.5) is 24.7 Å². The molecule has 0 atom stereocenters. The third-order valence-corrected chi connectivity index (χ3v) is 7.86. The molecule has 2 aromatic carbocycles. The van der Waals surface area contributed by atoms with Gasteiger partial charge < -0.3 is 15.1 Å². The second-order valence-electron chi connectivity index (χ2n) is 8.07. The van der Waals surface area contributed by atoms with E-state index in [0.29, 0.717) is 13.1 Å². The van der Waals surface area contributed by atoms with E-state index in [9.17, 15) is 31.5 Å². The molecule has 0 aliphatic heterocycles. The van der Waals surface area contributed by atoms with E-state index in [1.54, 1.807) is 11.4 Å². The van der Waals surface area contributed by atoms with Crippen molar-refractivity contribution in [2.24, 2.45) is 0 Å². The van der Waals surface area contributed by atoms with E-state index in [0.717, 1.165) is 22.5 Å². The molecule has 0 aliphatic rings. The second kappa shape index (κ2) is 13.1. The number of aliphatic carboxylic acids is 1. The van der Waals surface area contributed by atoms with E-state index >= 15 is 0 Å². The molecule has 0 unspecified atom stereocenters. The second-order valence-corrected chi connectivity index (χ2v) is 10.9. The molecule has 4 rings (SSSR count). The van der Waals surface area contributed by atoms with E-state index in [1.807, 2.05) is 65.6 Å². The van der Waals surface area contributed by atoms with Gasteiger partial charge in [0.25, 0.3) is 10.0 Å². The molecule has 0 fully saturated rings. The van der Waals surface area contributed by atoms with Crippen molar-refractivity contribution in [3.8, 4) is 0 Å². The number of nitrogens with zero attached hydrogens (tertiary/aromatic N) is 2. The summed E-state index contributed by atoms with van der Waals surface area (Å²) in [4.78, 5) is 27.3. The predicted molar refractivity (Wildman–Crippen MR) is 143 cm³/mol. The molecule has 3 N–H and O–H groups in total. The number of sulfonamides is 1. The fourth-order valence-corrected chi connectivity index (χ4v) is 5.38. The third kappa shape index (κ3) is 8.54. The summed E-state index contributed by atoms with van der Waals surface area (Å²) >= 11 is 1.07. The number of thiophene rings is 1. The van der Waals surface area contributed by atoms with Gasteiger partial charge in [-0.15, -0.1) is 11.3 Å². The van der Waals surface area contributed by atoms with E-state index in [1.165, 1.54) is 18.3 Å². The first kappa shape index (κ1) is 30.1. The minimum absolute atomic E-state index is 0.0870. The molecular formula is C26H22F3N3O6S2. The van der Waals surface area contributed by atoms with Crippen LogP contribution in [0, 0.1) is 0 Å². The highest BCUT2D eigenvalue weighted by Gasteiger charge is 2.38. The molecule has 0 saturated heterocycles. The molecule has 0 bridgehead atoms. The van der Waals surface area contributed by atoms with Gasteiger partial charge in [-0.1, -0.05) is 66.7 Å². The van der Waals surface area contributed by atoms with Crippen molar-refractivity contribution >= 4 is 44.8 Å². The maximum absolute atomic E-state index is 12.6. The van der Waals surface area contributed by atoms with Gasteiger partial charge in [-0.2, -0.15) is 13.2 Å². The van der Waals surface area contributed by atoms with Gasteiger partial charge in [-0.3, -0.25) is 4.72 Å². The number of nitrogens with one attached hydrogen (secondary N) is 1. The molecule has 2 aromatic heterocycles. The Balaban J connectivity index is 0.000000559. The van der Waals surface area contributed by atoms with Crippen LogP contribution in [-0.4, -0.2) is 41.7 Å². The molecule has 210 valence electrons. The van der Waals surface area contributed by atoms with Crippen LogP contribution in [0.1, 0.15) is 21.5 Å². The molecule has 14 heteroatoms. The van der Waals surface area contributed by atoms with Crippen LogP contribution in [0.5, 0.6) is 0 Å². The number of anilines is 2. The lowest BCUT2D eigenvalue weighted by Crippen LogP contribution is -2.25. The maximum atomic E-state index is 12.6. The summed E-state index contributed by atoms with van der Waals surface area (Å²) in [5.74, 6) is -3.69. The number of rotatable bonds is 9. The van der Waals surface area contributed by atoms with E-state index in [4.69, 9.17) is 9.90 Å². The molecule has 2 heterocycles. The number of halogens is 3. The van der Waals surface area contributed by atoms with Crippen LogP contribution in [0.3, 0.4) is 0 Å². The molecule has 0 spiro atoms. The van der Waals surface area contributed by atoms with Crippen molar-refractivity contribution in [2.75, 3.05) is 9.62 Å². The number of aromatic nitrogens is 1. The number of benzene rings is 2. The summed E-state index contributed by atoms with van der Waals surface area (Å²) in [5.41, 5.74) is 1.99. The van der Waals surface area contributed by atoms with Crippen LogP contribution >= 0.6 is 11.3 Å². The summed E-state index contributed by atoms with van der Waals surface area (Å²) in [6.45, 7) is 0.868. The van der Waals surface area contributed by atoms with Crippen LogP contribution in [0.2, 0.25) is 0 Å². The zero-order chi connectivity index (χ0) is 29.3. The molecular weight excluding hydrogens is 571 g/mol. The van der Waals surface area contributed by atoms with E-state index < -0.39 is 28.1 Å². The predicted octanol–water partition coefficient (Wildman–Crippen LogP) is 5.48. The molecule has 0 amide bonds. The molecule has 4 aromatic rings. The van der Waals surface area contributed by atoms with Crippen molar-refractivity contribution in [2.45, 2.75) is 23.5 Å². The SMILES string of the molecule is O=C(O)C(F)(F)F.O=C(O)c1cc(NS(=O)(=O)c2cccs2)cnc1N(Cc1ccccc1)Cc1ccccc1. The van der Waals surface area contributed by atoms with E-state index in [2.05, 4.69) is 9.71 Å². The zero-order valence-electron chi connectivity index (χ0n) is 20.4. The normalized spacial score (nSPS) is 11.2. The fraction of sp³-hybridized carbons (Fsp3) is 0.115. The number of carboxylic acids is 2. The molecule has 0 aliphatic carbocycles. The topological polar surface area (TPSA) is 137 Å². The Morgan fingerprint density at radius 2 is 1.43 bits per heavy atom. The van der Waals surface area contributed by atoms with Gasteiger partial charge in [0.15, 0.2) is 0 Å². The van der Waals surface area contributed by atoms with Crippen LogP contribution in [0.15, 0.2) is 94.6 Å². The largest absolute Gasteiger partial charge is 0.490 e. The van der Waals surface area contributed by atoms with Crippen LogP contribution in [0.25, 0.3) is 0 Å². The Morgan fingerprint density at radius 1 is 0.900 bits per heavy atom. The fourth-order valence-electron chi connectivity index (χ4n) is 3.36. The Bertz CT molecular complexity index is 1490.